The number of carbonyl (C=O) groups is 3. The fourth-order valence-electron chi connectivity index (χ4n) is 4.11. The standard InChI is InChI=1S/C28H25Cl2N3O4/c1-28(2)24(19(25(28)34)13-17-9-5-3-6-10-17)33-22(27(36)37-18-11-7-4-8-12-18)16-32-26(35)23-20(29)14-31-15-21(23)30/h3-12,14-15,22,33H,13,16H2,1-2H3,(H,32,35)/t22-/m0/s1. The molecule has 9 heteroatoms. The molecule has 0 radical (unpaired) electrons. The first-order valence-corrected chi connectivity index (χ1v) is 12.4. The van der Waals surface area contributed by atoms with Gasteiger partial charge in [0, 0.05) is 36.6 Å². The molecule has 1 aliphatic rings. The normalized spacial score (nSPS) is 15.0. The van der Waals surface area contributed by atoms with Gasteiger partial charge < -0.3 is 15.4 Å². The lowest BCUT2D eigenvalue weighted by molar-refractivity contribution is -0.137. The minimum absolute atomic E-state index is 0.00610. The predicted octanol–water partition coefficient (Wildman–Crippen LogP) is 4.79. The molecule has 0 fully saturated rings. The highest BCUT2D eigenvalue weighted by atomic mass is 35.5. The number of ether oxygens (including phenoxy) is 1. The van der Waals surface area contributed by atoms with Crippen LogP contribution in [0.3, 0.4) is 0 Å². The molecule has 7 nitrogen and oxygen atoms in total. The molecule has 1 amide bonds. The van der Waals surface area contributed by atoms with Crippen LogP contribution >= 0.6 is 23.2 Å². The van der Waals surface area contributed by atoms with Gasteiger partial charge in [0.2, 0.25) is 0 Å². The molecule has 1 atom stereocenters. The summed E-state index contributed by atoms with van der Waals surface area (Å²) in [4.78, 5) is 42.9. The number of nitrogens with one attached hydrogen (secondary N) is 2. The lowest BCUT2D eigenvalue weighted by atomic mass is 9.67. The molecule has 3 aromatic rings. The summed E-state index contributed by atoms with van der Waals surface area (Å²) in [5.74, 6) is -0.846. The van der Waals surface area contributed by atoms with Crippen LogP contribution in [0, 0.1) is 5.41 Å². The number of Topliss-reactive ketones (excluding diaryl/α,β-unsaturated/α-hetero) is 1. The van der Waals surface area contributed by atoms with Crippen molar-refractivity contribution in [3.8, 4) is 5.75 Å². The first-order valence-electron chi connectivity index (χ1n) is 11.6. The maximum atomic E-state index is 13.2. The molecule has 0 unspecified atom stereocenters. The molecule has 0 saturated carbocycles. The van der Waals surface area contributed by atoms with Crippen molar-refractivity contribution in [3.05, 3.63) is 105 Å². The van der Waals surface area contributed by atoms with Gasteiger partial charge in [-0.1, -0.05) is 71.7 Å². The van der Waals surface area contributed by atoms with E-state index in [1.807, 2.05) is 30.3 Å². The molecule has 2 N–H and O–H groups in total. The Morgan fingerprint density at radius 2 is 1.57 bits per heavy atom. The van der Waals surface area contributed by atoms with Crippen molar-refractivity contribution in [2.75, 3.05) is 6.54 Å². The number of aromatic nitrogens is 1. The number of carbonyl (C=O) groups excluding carboxylic acids is 3. The van der Waals surface area contributed by atoms with Crippen LogP contribution < -0.4 is 15.4 Å². The monoisotopic (exact) mass is 537 g/mol. The van der Waals surface area contributed by atoms with E-state index in [4.69, 9.17) is 27.9 Å². The zero-order valence-electron chi connectivity index (χ0n) is 20.3. The smallest absolute Gasteiger partial charge is 0.335 e. The molecule has 0 saturated heterocycles. The lowest BCUT2D eigenvalue weighted by Gasteiger charge is -2.41. The molecule has 0 bridgehead atoms. The third kappa shape index (κ3) is 5.84. The second-order valence-electron chi connectivity index (χ2n) is 9.09. The van der Waals surface area contributed by atoms with E-state index >= 15 is 0 Å². The molecule has 1 aliphatic carbocycles. The molecule has 2 aromatic carbocycles. The Labute approximate surface area is 224 Å². The maximum absolute atomic E-state index is 13.2. The molecule has 4 rings (SSSR count). The molecule has 0 aliphatic heterocycles. The Morgan fingerprint density at radius 3 is 2.19 bits per heavy atom. The highest BCUT2D eigenvalue weighted by Gasteiger charge is 2.47. The fraction of sp³-hybridized carbons (Fsp3) is 0.214. The summed E-state index contributed by atoms with van der Waals surface area (Å²) < 4.78 is 5.56. The van der Waals surface area contributed by atoms with Crippen molar-refractivity contribution in [1.82, 2.24) is 15.6 Å². The minimum atomic E-state index is -1.00. The largest absolute Gasteiger partial charge is 0.425 e. The van der Waals surface area contributed by atoms with Gasteiger partial charge in [-0.2, -0.15) is 0 Å². The molecule has 0 spiro atoms. The van der Waals surface area contributed by atoms with Gasteiger partial charge in [-0.3, -0.25) is 14.6 Å². The number of benzene rings is 2. The Balaban J connectivity index is 1.59. The molecule has 1 heterocycles. The second kappa shape index (κ2) is 11.2. The van der Waals surface area contributed by atoms with E-state index in [0.29, 0.717) is 23.4 Å². The number of hydrogen-bond acceptors (Lipinski definition) is 6. The Bertz CT molecular complexity index is 1340. The van der Waals surface area contributed by atoms with E-state index in [1.165, 1.54) is 12.4 Å². The molecular weight excluding hydrogens is 513 g/mol. The highest BCUT2D eigenvalue weighted by molar-refractivity contribution is 6.39. The Morgan fingerprint density at radius 1 is 0.973 bits per heavy atom. The number of hydrogen-bond donors (Lipinski definition) is 2. The minimum Gasteiger partial charge on any atom is -0.425 e. The summed E-state index contributed by atoms with van der Waals surface area (Å²) >= 11 is 12.2. The van der Waals surface area contributed by atoms with Crippen molar-refractivity contribution in [2.45, 2.75) is 26.3 Å². The Kier molecular flexibility index (Phi) is 7.95. The number of rotatable bonds is 9. The molecular formula is C28H25Cl2N3O4. The van der Waals surface area contributed by atoms with Crippen LogP contribution in [0.15, 0.2) is 84.3 Å². The first-order chi connectivity index (χ1) is 17.7. The zero-order valence-corrected chi connectivity index (χ0v) is 21.8. The van der Waals surface area contributed by atoms with Crippen molar-refractivity contribution in [3.63, 3.8) is 0 Å². The Hall–Kier alpha value is -3.68. The number of ketones is 1. The first kappa shape index (κ1) is 26.4. The highest BCUT2D eigenvalue weighted by Crippen LogP contribution is 2.42. The van der Waals surface area contributed by atoms with E-state index in [9.17, 15) is 14.4 Å². The van der Waals surface area contributed by atoms with E-state index in [2.05, 4.69) is 15.6 Å². The van der Waals surface area contributed by atoms with Gasteiger partial charge in [-0.25, -0.2) is 4.79 Å². The summed E-state index contributed by atoms with van der Waals surface area (Å²) in [6.07, 6.45) is 3.04. The predicted molar refractivity (Wildman–Crippen MR) is 142 cm³/mol. The molecule has 190 valence electrons. The van der Waals surface area contributed by atoms with Gasteiger partial charge in [0.1, 0.15) is 11.8 Å². The van der Waals surface area contributed by atoms with Crippen molar-refractivity contribution >= 4 is 40.9 Å². The van der Waals surface area contributed by atoms with Crippen molar-refractivity contribution in [2.24, 2.45) is 5.41 Å². The van der Waals surface area contributed by atoms with Crippen LogP contribution in [0.2, 0.25) is 10.0 Å². The summed E-state index contributed by atoms with van der Waals surface area (Å²) in [5, 5.41) is 6.06. The van der Waals surface area contributed by atoms with Crippen LogP contribution in [0.5, 0.6) is 5.75 Å². The lowest BCUT2D eigenvalue weighted by Crippen LogP contribution is -2.54. The molecule has 37 heavy (non-hydrogen) atoms. The van der Waals surface area contributed by atoms with Gasteiger partial charge in [0.25, 0.3) is 5.91 Å². The number of pyridine rings is 1. The number of nitrogens with zero attached hydrogens (tertiary/aromatic N) is 1. The fourth-order valence-corrected chi connectivity index (χ4v) is 4.65. The number of amides is 1. The number of halogens is 2. The summed E-state index contributed by atoms with van der Waals surface area (Å²) in [5.41, 5.74) is 1.42. The van der Waals surface area contributed by atoms with Crippen LogP contribution in [0.4, 0.5) is 0 Å². The van der Waals surface area contributed by atoms with Gasteiger partial charge in [-0.05, 0) is 31.5 Å². The van der Waals surface area contributed by atoms with Crippen molar-refractivity contribution in [1.29, 1.82) is 0 Å². The zero-order chi connectivity index (χ0) is 26.6. The summed E-state index contributed by atoms with van der Waals surface area (Å²) in [6.45, 7) is 3.44. The van der Waals surface area contributed by atoms with Gasteiger partial charge in [-0.15, -0.1) is 0 Å². The van der Waals surface area contributed by atoms with E-state index in [-0.39, 0.29) is 27.9 Å². The SMILES string of the molecule is CC1(C)C(=O)C(Cc2ccccc2)=C1N[C@@H](CNC(=O)c1c(Cl)cncc1Cl)C(=O)Oc1ccccc1. The second-order valence-corrected chi connectivity index (χ2v) is 9.90. The molecule has 1 aromatic heterocycles. The number of esters is 1. The van der Waals surface area contributed by atoms with Gasteiger partial charge >= 0.3 is 5.97 Å². The van der Waals surface area contributed by atoms with E-state index < -0.39 is 23.3 Å². The topological polar surface area (TPSA) is 97.4 Å². The van der Waals surface area contributed by atoms with Gasteiger partial charge in [0.05, 0.1) is 21.0 Å². The van der Waals surface area contributed by atoms with E-state index in [0.717, 1.165) is 5.56 Å². The van der Waals surface area contributed by atoms with Crippen molar-refractivity contribution < 1.29 is 19.1 Å². The van der Waals surface area contributed by atoms with Crippen LogP contribution in [0.1, 0.15) is 29.8 Å². The van der Waals surface area contributed by atoms with Crippen LogP contribution in [0.25, 0.3) is 0 Å². The van der Waals surface area contributed by atoms with E-state index in [1.54, 1.807) is 44.2 Å². The van der Waals surface area contributed by atoms with Gasteiger partial charge in [0.15, 0.2) is 5.78 Å². The average Bonchev–Trinajstić information content (AvgIpc) is 2.88. The third-order valence-electron chi connectivity index (χ3n) is 6.10. The van der Waals surface area contributed by atoms with Crippen LogP contribution in [-0.4, -0.2) is 35.2 Å². The summed E-state index contributed by atoms with van der Waals surface area (Å²) in [6, 6.07) is 17.2. The average molecular weight is 538 g/mol. The van der Waals surface area contributed by atoms with Crippen LogP contribution in [-0.2, 0) is 16.0 Å². The number of para-hydroxylation sites is 1. The number of allylic oxidation sites excluding steroid dienone is 2. The quantitative estimate of drug-likeness (QED) is 0.301. The third-order valence-corrected chi connectivity index (χ3v) is 6.68. The maximum Gasteiger partial charge on any atom is 0.335 e. The summed E-state index contributed by atoms with van der Waals surface area (Å²) in [7, 11) is 0.